The smallest absolute Gasteiger partial charge is 0.276 e. The predicted octanol–water partition coefficient (Wildman–Crippen LogP) is 4.03. The van der Waals surface area contributed by atoms with Crippen LogP contribution in [0.15, 0.2) is 33.9 Å². The lowest BCUT2D eigenvalue weighted by Crippen LogP contribution is -1.93. The number of rotatable bonds is 7. The fourth-order valence-corrected chi connectivity index (χ4v) is 2.45. The number of aromatic nitrogens is 2. The van der Waals surface area contributed by atoms with Crippen LogP contribution >= 0.6 is 11.8 Å². The Morgan fingerprint density at radius 1 is 1.21 bits per heavy atom. The van der Waals surface area contributed by atoms with E-state index in [1.807, 2.05) is 31.2 Å². The summed E-state index contributed by atoms with van der Waals surface area (Å²) in [6, 6.07) is 7.71. The van der Waals surface area contributed by atoms with Crippen molar-refractivity contribution in [2.24, 2.45) is 0 Å². The minimum Gasteiger partial charge on any atom is -0.493 e. The molecule has 0 fully saturated rings. The van der Waals surface area contributed by atoms with Crippen molar-refractivity contribution in [1.29, 1.82) is 0 Å². The van der Waals surface area contributed by atoms with Gasteiger partial charge < -0.3 is 9.15 Å². The number of unbranched alkanes of at least 4 members (excludes halogenated alkanes) is 1. The Morgan fingerprint density at radius 2 is 2.05 bits per heavy atom. The van der Waals surface area contributed by atoms with E-state index in [-0.39, 0.29) is 0 Å². The van der Waals surface area contributed by atoms with E-state index in [2.05, 4.69) is 17.1 Å². The summed E-state index contributed by atoms with van der Waals surface area (Å²) in [4.78, 5) is 0. The number of hydrogen-bond donors (Lipinski definition) is 0. The van der Waals surface area contributed by atoms with Gasteiger partial charge in [-0.2, -0.15) is 0 Å². The molecular formula is C14H18N2O2S. The van der Waals surface area contributed by atoms with E-state index >= 15 is 0 Å². The van der Waals surface area contributed by atoms with Crippen molar-refractivity contribution in [1.82, 2.24) is 10.2 Å². The Labute approximate surface area is 117 Å². The molecule has 102 valence electrons. The molecule has 1 heterocycles. The van der Waals surface area contributed by atoms with E-state index < -0.39 is 0 Å². The van der Waals surface area contributed by atoms with Crippen LogP contribution in [0.1, 0.15) is 26.7 Å². The van der Waals surface area contributed by atoms with Gasteiger partial charge in [-0.3, -0.25) is 0 Å². The second kappa shape index (κ2) is 7.19. The summed E-state index contributed by atoms with van der Waals surface area (Å²) in [5, 5.41) is 8.77. The van der Waals surface area contributed by atoms with Crippen LogP contribution in [-0.2, 0) is 0 Å². The summed E-state index contributed by atoms with van der Waals surface area (Å²) in [5.74, 6) is 2.30. The third-order valence-corrected chi connectivity index (χ3v) is 3.45. The molecule has 0 amide bonds. The van der Waals surface area contributed by atoms with Crippen LogP contribution in [0.3, 0.4) is 0 Å². The van der Waals surface area contributed by atoms with Crippen molar-refractivity contribution in [3.63, 3.8) is 0 Å². The number of thioether (sulfide) groups is 1. The van der Waals surface area contributed by atoms with Crippen LogP contribution in [0, 0.1) is 0 Å². The molecule has 1 aromatic heterocycles. The highest BCUT2D eigenvalue weighted by Gasteiger charge is 2.13. The second-order valence-corrected chi connectivity index (χ2v) is 5.05. The second-order valence-electron chi connectivity index (χ2n) is 4.00. The normalized spacial score (nSPS) is 10.6. The molecule has 0 radical (unpaired) electrons. The van der Waals surface area contributed by atoms with Gasteiger partial charge in [0.25, 0.3) is 11.1 Å². The molecule has 4 nitrogen and oxygen atoms in total. The lowest BCUT2D eigenvalue weighted by Gasteiger charge is -2.05. The minimum absolute atomic E-state index is 0.517. The molecule has 0 spiro atoms. The van der Waals surface area contributed by atoms with Gasteiger partial charge in [0.1, 0.15) is 5.75 Å². The van der Waals surface area contributed by atoms with Crippen molar-refractivity contribution < 1.29 is 9.15 Å². The third-order valence-electron chi connectivity index (χ3n) is 2.55. The van der Waals surface area contributed by atoms with Crippen LogP contribution in [-0.4, -0.2) is 22.6 Å². The van der Waals surface area contributed by atoms with Gasteiger partial charge in [0.15, 0.2) is 0 Å². The molecule has 1 aromatic carbocycles. The SMILES string of the molecule is CCCCSc1nnc(-c2ccccc2OCC)o1. The molecule has 0 N–H and O–H groups in total. The highest BCUT2D eigenvalue weighted by molar-refractivity contribution is 7.99. The minimum atomic E-state index is 0.517. The fourth-order valence-electron chi connectivity index (χ4n) is 1.61. The molecule has 0 atom stereocenters. The Kier molecular flexibility index (Phi) is 5.27. The quantitative estimate of drug-likeness (QED) is 0.565. The molecular weight excluding hydrogens is 260 g/mol. The molecule has 0 aliphatic rings. The summed E-state index contributed by atoms with van der Waals surface area (Å²) < 4.78 is 11.2. The van der Waals surface area contributed by atoms with Crippen molar-refractivity contribution >= 4 is 11.8 Å². The molecule has 0 aliphatic carbocycles. The van der Waals surface area contributed by atoms with Gasteiger partial charge in [-0.25, -0.2) is 0 Å². The Bertz CT molecular complexity index is 514. The van der Waals surface area contributed by atoms with E-state index in [0.717, 1.165) is 23.5 Å². The van der Waals surface area contributed by atoms with Gasteiger partial charge in [0, 0.05) is 5.75 Å². The van der Waals surface area contributed by atoms with E-state index in [1.54, 1.807) is 11.8 Å². The van der Waals surface area contributed by atoms with Crippen molar-refractivity contribution in [3.8, 4) is 17.2 Å². The van der Waals surface area contributed by atoms with Gasteiger partial charge in [0.2, 0.25) is 0 Å². The monoisotopic (exact) mass is 278 g/mol. The van der Waals surface area contributed by atoms with Crippen molar-refractivity contribution in [3.05, 3.63) is 24.3 Å². The molecule has 0 saturated carbocycles. The molecule has 0 bridgehead atoms. The van der Waals surface area contributed by atoms with Gasteiger partial charge in [-0.1, -0.05) is 37.2 Å². The third kappa shape index (κ3) is 3.73. The maximum Gasteiger partial charge on any atom is 0.276 e. The van der Waals surface area contributed by atoms with E-state index in [9.17, 15) is 0 Å². The highest BCUT2D eigenvalue weighted by Crippen LogP contribution is 2.30. The highest BCUT2D eigenvalue weighted by atomic mass is 32.2. The Balaban J connectivity index is 2.13. The van der Waals surface area contributed by atoms with Crippen molar-refractivity contribution in [2.45, 2.75) is 31.9 Å². The average molecular weight is 278 g/mol. The lowest BCUT2D eigenvalue weighted by molar-refractivity contribution is 0.340. The van der Waals surface area contributed by atoms with Gasteiger partial charge >= 0.3 is 0 Å². The molecule has 5 heteroatoms. The summed E-state index contributed by atoms with van der Waals surface area (Å²) in [6.45, 7) is 4.73. The summed E-state index contributed by atoms with van der Waals surface area (Å²) in [7, 11) is 0. The van der Waals surface area contributed by atoms with Crippen LogP contribution in [0.2, 0.25) is 0 Å². The standard InChI is InChI=1S/C14H18N2O2S/c1-3-5-10-19-14-16-15-13(18-14)11-8-6-7-9-12(11)17-4-2/h6-9H,3-5,10H2,1-2H3. The molecule has 0 saturated heterocycles. The number of nitrogens with zero attached hydrogens (tertiary/aromatic N) is 2. The summed E-state index contributed by atoms with van der Waals surface area (Å²) in [6.07, 6.45) is 2.32. The van der Waals surface area contributed by atoms with Crippen LogP contribution in [0.25, 0.3) is 11.5 Å². The van der Waals surface area contributed by atoms with Crippen LogP contribution < -0.4 is 4.74 Å². The number of ether oxygens (including phenoxy) is 1. The molecule has 0 aliphatic heterocycles. The zero-order chi connectivity index (χ0) is 13.5. The first-order valence-electron chi connectivity index (χ1n) is 6.53. The van der Waals surface area contributed by atoms with Gasteiger partial charge in [-0.15, -0.1) is 10.2 Å². The summed E-state index contributed by atoms with van der Waals surface area (Å²) in [5.41, 5.74) is 0.846. The van der Waals surface area contributed by atoms with Crippen LogP contribution in [0.5, 0.6) is 5.75 Å². The maximum atomic E-state index is 5.66. The zero-order valence-corrected chi connectivity index (χ0v) is 12.1. The van der Waals surface area contributed by atoms with Gasteiger partial charge in [0.05, 0.1) is 12.2 Å². The van der Waals surface area contributed by atoms with Gasteiger partial charge in [-0.05, 0) is 25.5 Å². The first-order chi connectivity index (χ1) is 9.35. The largest absolute Gasteiger partial charge is 0.493 e. The number of hydrogen-bond acceptors (Lipinski definition) is 5. The van der Waals surface area contributed by atoms with E-state index in [4.69, 9.17) is 9.15 Å². The first-order valence-corrected chi connectivity index (χ1v) is 7.52. The van der Waals surface area contributed by atoms with Crippen molar-refractivity contribution in [2.75, 3.05) is 12.4 Å². The summed E-state index contributed by atoms with van der Waals surface area (Å²) >= 11 is 1.60. The number of para-hydroxylation sites is 1. The zero-order valence-electron chi connectivity index (χ0n) is 11.3. The topological polar surface area (TPSA) is 48.2 Å². The maximum absolute atomic E-state index is 5.66. The average Bonchev–Trinajstić information content (AvgIpc) is 2.89. The molecule has 2 rings (SSSR count). The van der Waals surface area contributed by atoms with E-state index in [1.165, 1.54) is 6.42 Å². The molecule has 2 aromatic rings. The van der Waals surface area contributed by atoms with Crippen LogP contribution in [0.4, 0.5) is 0 Å². The first kappa shape index (κ1) is 13.9. The number of benzene rings is 1. The Hall–Kier alpha value is -1.49. The fraction of sp³-hybridized carbons (Fsp3) is 0.429. The predicted molar refractivity (Wildman–Crippen MR) is 76.5 cm³/mol. The van der Waals surface area contributed by atoms with E-state index in [0.29, 0.717) is 17.7 Å². The molecule has 0 unspecified atom stereocenters. The Morgan fingerprint density at radius 3 is 2.84 bits per heavy atom. The lowest BCUT2D eigenvalue weighted by atomic mass is 10.2. The molecule has 19 heavy (non-hydrogen) atoms.